The van der Waals surface area contributed by atoms with Crippen LogP contribution in [-0.4, -0.2) is 64.3 Å². The highest BCUT2D eigenvalue weighted by atomic mass is 32.2. The molecule has 5 amide bonds. The van der Waals surface area contributed by atoms with Crippen molar-refractivity contribution in [1.82, 2.24) is 15.5 Å². The van der Waals surface area contributed by atoms with Gasteiger partial charge in [-0.05, 0) is 43.9 Å². The van der Waals surface area contributed by atoms with Crippen LogP contribution in [0.4, 0.5) is 16.2 Å². The van der Waals surface area contributed by atoms with E-state index in [2.05, 4.69) is 21.3 Å². The van der Waals surface area contributed by atoms with E-state index >= 15 is 0 Å². The number of amides is 5. The second-order valence-electron chi connectivity index (χ2n) is 8.82. The van der Waals surface area contributed by atoms with Crippen LogP contribution < -0.4 is 21.3 Å². The lowest BCUT2D eigenvalue weighted by Crippen LogP contribution is -2.40. The van der Waals surface area contributed by atoms with Gasteiger partial charge in [0.15, 0.2) is 0 Å². The second-order valence-corrected chi connectivity index (χ2v) is 10.1. The minimum Gasteiger partial charge on any atom is -0.332 e. The van der Waals surface area contributed by atoms with Crippen molar-refractivity contribution in [3.05, 3.63) is 23.8 Å². The third kappa shape index (κ3) is 4.03. The minimum atomic E-state index is -0.408. The van der Waals surface area contributed by atoms with Crippen LogP contribution in [0.25, 0.3) is 0 Å². The Hall–Kier alpha value is -2.75. The third-order valence-electron chi connectivity index (χ3n) is 6.69. The molecule has 5 rings (SSSR count). The Morgan fingerprint density at radius 1 is 1.19 bits per heavy atom. The van der Waals surface area contributed by atoms with Crippen LogP contribution in [0.5, 0.6) is 0 Å². The van der Waals surface area contributed by atoms with Gasteiger partial charge in [-0.25, -0.2) is 4.79 Å². The molecule has 3 fully saturated rings. The summed E-state index contributed by atoms with van der Waals surface area (Å²) in [5.41, 5.74) is 1.47. The maximum Gasteiger partial charge on any atom is 0.315 e. The van der Waals surface area contributed by atoms with Gasteiger partial charge < -0.3 is 26.2 Å². The maximum absolute atomic E-state index is 12.9. The summed E-state index contributed by atoms with van der Waals surface area (Å²) in [6.07, 6.45) is 4.53. The van der Waals surface area contributed by atoms with E-state index in [-0.39, 0.29) is 35.8 Å². The average molecular weight is 458 g/mol. The fourth-order valence-electron chi connectivity index (χ4n) is 5.06. The standard InChI is InChI=1S/C22H27N5O4S/c28-18(6-2-1-5-17-19-15(11-32-17)25-22(31)26-19)23-12-7-8-14-13(10-12)21(30)27-9-3-4-16(27)20(29)24-14/h7-8,10,15-17,19H,1-6,9,11H2,(H,23,28)(H,24,29)(H2,25,26,31)/t15-,16+,17-,19-/m0/s1. The molecule has 4 aliphatic heterocycles. The average Bonchev–Trinajstić information content (AvgIpc) is 3.46. The Bertz CT molecular complexity index is 970. The van der Waals surface area contributed by atoms with Gasteiger partial charge in [0.2, 0.25) is 11.8 Å². The van der Waals surface area contributed by atoms with Crippen molar-refractivity contribution in [3.63, 3.8) is 0 Å². The smallest absolute Gasteiger partial charge is 0.315 e. The highest BCUT2D eigenvalue weighted by Crippen LogP contribution is 2.33. The first kappa shape index (κ1) is 21.1. The summed E-state index contributed by atoms with van der Waals surface area (Å²) >= 11 is 1.88. The van der Waals surface area contributed by atoms with Crippen molar-refractivity contribution < 1.29 is 19.2 Å². The molecule has 1 aromatic rings. The lowest BCUT2D eigenvalue weighted by molar-refractivity contribution is -0.119. The van der Waals surface area contributed by atoms with Crippen molar-refractivity contribution in [2.75, 3.05) is 22.9 Å². The van der Waals surface area contributed by atoms with Crippen LogP contribution in [-0.2, 0) is 9.59 Å². The number of carbonyl (C=O) groups is 4. The SMILES string of the molecule is O=C(CCCC[C@@H]1SC[C@@H]2NC(=O)N[C@@H]21)Nc1ccc2c(c1)C(=O)N1CCC[C@@H]1C(=O)N2. The van der Waals surface area contributed by atoms with Gasteiger partial charge in [-0.2, -0.15) is 11.8 Å². The number of carbonyl (C=O) groups excluding carboxylic acids is 4. The molecule has 0 unspecified atom stereocenters. The molecule has 0 aliphatic carbocycles. The number of nitrogens with one attached hydrogen (secondary N) is 4. The molecule has 10 heteroatoms. The summed E-state index contributed by atoms with van der Waals surface area (Å²) in [4.78, 5) is 50.8. The van der Waals surface area contributed by atoms with Gasteiger partial charge in [0.1, 0.15) is 6.04 Å². The first-order valence-corrected chi connectivity index (χ1v) is 12.3. The normalized spacial score (nSPS) is 28.2. The summed E-state index contributed by atoms with van der Waals surface area (Å²) in [6, 6.07) is 4.97. The van der Waals surface area contributed by atoms with Crippen LogP contribution in [0, 0.1) is 0 Å². The molecule has 4 aliphatic rings. The fourth-order valence-corrected chi connectivity index (χ4v) is 6.60. The summed E-state index contributed by atoms with van der Waals surface area (Å²) in [7, 11) is 0. The van der Waals surface area contributed by atoms with E-state index in [0.717, 1.165) is 31.4 Å². The molecule has 9 nitrogen and oxygen atoms in total. The van der Waals surface area contributed by atoms with Crippen molar-refractivity contribution in [2.45, 2.75) is 61.9 Å². The van der Waals surface area contributed by atoms with E-state index in [4.69, 9.17) is 0 Å². The number of rotatable bonds is 6. The molecule has 0 bridgehead atoms. The van der Waals surface area contributed by atoms with Gasteiger partial charge in [0, 0.05) is 29.7 Å². The molecule has 0 radical (unpaired) electrons. The highest BCUT2D eigenvalue weighted by molar-refractivity contribution is 8.00. The lowest BCUT2D eigenvalue weighted by atomic mass is 10.0. The lowest BCUT2D eigenvalue weighted by Gasteiger charge is -2.20. The number of hydrogen-bond acceptors (Lipinski definition) is 5. The summed E-state index contributed by atoms with van der Waals surface area (Å²) in [5.74, 6) is 0.523. The van der Waals surface area contributed by atoms with Gasteiger partial charge in [-0.1, -0.05) is 6.42 Å². The third-order valence-corrected chi connectivity index (χ3v) is 8.20. The zero-order valence-corrected chi connectivity index (χ0v) is 18.5. The van der Waals surface area contributed by atoms with Crippen LogP contribution in [0.2, 0.25) is 0 Å². The highest BCUT2D eigenvalue weighted by Gasteiger charge is 2.42. The second kappa shape index (κ2) is 8.65. The van der Waals surface area contributed by atoms with E-state index < -0.39 is 6.04 Å². The minimum absolute atomic E-state index is 0.0799. The van der Waals surface area contributed by atoms with Gasteiger partial charge in [0.05, 0.1) is 23.3 Å². The molecular weight excluding hydrogens is 430 g/mol. The van der Waals surface area contributed by atoms with Crippen molar-refractivity contribution in [2.24, 2.45) is 0 Å². The number of nitrogens with zero attached hydrogens (tertiary/aromatic N) is 1. The number of fused-ring (bicyclic) bond motifs is 3. The summed E-state index contributed by atoms with van der Waals surface area (Å²) in [5, 5.41) is 12.0. The van der Waals surface area contributed by atoms with Crippen molar-refractivity contribution >= 4 is 46.9 Å². The van der Waals surface area contributed by atoms with Crippen LogP contribution >= 0.6 is 11.8 Å². The van der Waals surface area contributed by atoms with Gasteiger partial charge in [-0.15, -0.1) is 0 Å². The number of thioether (sulfide) groups is 1. The molecule has 0 spiro atoms. The molecule has 4 heterocycles. The number of urea groups is 1. The topological polar surface area (TPSA) is 120 Å². The number of hydrogen-bond donors (Lipinski definition) is 4. The van der Waals surface area contributed by atoms with Gasteiger partial charge >= 0.3 is 6.03 Å². The molecule has 32 heavy (non-hydrogen) atoms. The molecular formula is C22H27N5O4S. The van der Waals surface area contributed by atoms with E-state index in [0.29, 0.717) is 41.6 Å². The summed E-state index contributed by atoms with van der Waals surface area (Å²) in [6.45, 7) is 0.577. The molecule has 4 N–H and O–H groups in total. The largest absolute Gasteiger partial charge is 0.332 e. The molecule has 3 saturated heterocycles. The zero-order chi connectivity index (χ0) is 22.2. The Kier molecular flexibility index (Phi) is 5.71. The van der Waals surface area contributed by atoms with Gasteiger partial charge in [-0.3, -0.25) is 14.4 Å². The molecule has 4 atom stereocenters. The molecule has 1 aromatic carbocycles. The Morgan fingerprint density at radius 2 is 2.06 bits per heavy atom. The fraction of sp³-hybridized carbons (Fsp3) is 0.545. The Balaban J connectivity index is 1.13. The molecule has 170 valence electrons. The Labute approximate surface area is 190 Å². The van der Waals surface area contributed by atoms with E-state index in [1.165, 1.54) is 0 Å². The van der Waals surface area contributed by atoms with Crippen molar-refractivity contribution in [3.8, 4) is 0 Å². The van der Waals surface area contributed by atoms with Crippen LogP contribution in [0.1, 0.15) is 48.9 Å². The molecule has 0 saturated carbocycles. The predicted octanol–water partition coefficient (Wildman–Crippen LogP) is 1.91. The monoisotopic (exact) mass is 457 g/mol. The van der Waals surface area contributed by atoms with Crippen LogP contribution in [0.3, 0.4) is 0 Å². The van der Waals surface area contributed by atoms with Crippen molar-refractivity contribution in [1.29, 1.82) is 0 Å². The quantitative estimate of drug-likeness (QED) is 0.384. The number of unbranched alkanes of at least 4 members (excludes halogenated alkanes) is 1. The first-order valence-electron chi connectivity index (χ1n) is 11.2. The zero-order valence-electron chi connectivity index (χ0n) is 17.7. The van der Waals surface area contributed by atoms with Crippen LogP contribution in [0.15, 0.2) is 18.2 Å². The first-order chi connectivity index (χ1) is 15.5. The Morgan fingerprint density at radius 3 is 2.94 bits per heavy atom. The number of benzene rings is 1. The van der Waals surface area contributed by atoms with E-state index in [9.17, 15) is 19.2 Å². The summed E-state index contributed by atoms with van der Waals surface area (Å²) < 4.78 is 0. The van der Waals surface area contributed by atoms with Gasteiger partial charge in [0.25, 0.3) is 5.91 Å². The van der Waals surface area contributed by atoms with E-state index in [1.54, 1.807) is 23.1 Å². The maximum atomic E-state index is 12.9. The predicted molar refractivity (Wildman–Crippen MR) is 122 cm³/mol. The molecule has 0 aromatic heterocycles. The number of anilines is 2. The van der Waals surface area contributed by atoms with E-state index in [1.807, 2.05) is 11.8 Å².